The van der Waals surface area contributed by atoms with Crippen LogP contribution in [0.25, 0.3) is 0 Å². The molecule has 0 fully saturated rings. The van der Waals surface area contributed by atoms with E-state index in [1.54, 1.807) is 6.07 Å². The maximum atomic E-state index is 12.5. The van der Waals surface area contributed by atoms with Crippen LogP contribution in [-0.4, -0.2) is 27.4 Å². The predicted molar refractivity (Wildman–Crippen MR) is 107 cm³/mol. The average molecular weight is 385 g/mol. The number of benzene rings is 1. The van der Waals surface area contributed by atoms with E-state index in [0.717, 1.165) is 42.6 Å². The van der Waals surface area contributed by atoms with E-state index >= 15 is 0 Å². The minimum absolute atomic E-state index is 0.0241. The predicted octanol–water partition coefficient (Wildman–Crippen LogP) is 3.36. The lowest BCUT2D eigenvalue weighted by molar-refractivity contribution is -0.116. The van der Waals surface area contributed by atoms with Crippen molar-refractivity contribution in [3.63, 3.8) is 0 Å². The molecular formula is C20H23N3O3S. The number of H-pyrrole nitrogens is 1. The Labute approximate surface area is 162 Å². The van der Waals surface area contributed by atoms with Crippen LogP contribution in [-0.2, 0) is 17.6 Å². The number of Topliss-reactive ketones (excluding diaryl/α,β-unsaturated/α-hetero) is 1. The second-order valence-corrected chi connectivity index (χ2v) is 7.67. The molecule has 0 unspecified atom stereocenters. The van der Waals surface area contributed by atoms with E-state index in [1.807, 2.05) is 19.1 Å². The second kappa shape index (κ2) is 8.99. The summed E-state index contributed by atoms with van der Waals surface area (Å²) in [5.41, 5.74) is 3.10. The molecule has 3 rings (SSSR count). The molecule has 1 aromatic heterocycles. The first-order valence-electron chi connectivity index (χ1n) is 9.24. The minimum Gasteiger partial charge on any atom is -0.326 e. The first-order valence-corrected chi connectivity index (χ1v) is 10.2. The van der Waals surface area contributed by atoms with Gasteiger partial charge in [-0.25, -0.2) is 4.98 Å². The van der Waals surface area contributed by atoms with Crippen molar-refractivity contribution in [3.05, 3.63) is 51.4 Å². The molecule has 142 valence electrons. The van der Waals surface area contributed by atoms with Crippen LogP contribution >= 0.6 is 11.8 Å². The number of carbonyl (C=O) groups is 2. The van der Waals surface area contributed by atoms with Crippen LogP contribution in [0.3, 0.4) is 0 Å². The number of nitrogens with one attached hydrogen (secondary N) is 2. The maximum absolute atomic E-state index is 12.5. The molecule has 1 aliphatic heterocycles. The number of aromatic nitrogens is 2. The Balaban J connectivity index is 1.61. The first-order chi connectivity index (χ1) is 13.0. The van der Waals surface area contributed by atoms with Crippen LogP contribution in [0.5, 0.6) is 0 Å². The van der Waals surface area contributed by atoms with Crippen LogP contribution < -0.4 is 10.9 Å². The molecule has 0 aliphatic carbocycles. The fourth-order valence-corrected chi connectivity index (χ4v) is 3.90. The van der Waals surface area contributed by atoms with E-state index in [-0.39, 0.29) is 17.2 Å². The van der Waals surface area contributed by atoms with Crippen molar-refractivity contribution < 1.29 is 9.59 Å². The number of nitrogens with zero attached hydrogens (tertiary/aromatic N) is 1. The number of hydrogen-bond donors (Lipinski definition) is 2. The molecule has 0 spiro atoms. The normalized spacial score (nSPS) is 13.6. The highest BCUT2D eigenvalue weighted by molar-refractivity contribution is 7.99. The van der Waals surface area contributed by atoms with Crippen LogP contribution in [0.4, 0.5) is 5.69 Å². The molecule has 7 heteroatoms. The summed E-state index contributed by atoms with van der Waals surface area (Å²) < 4.78 is 0. The molecule has 0 radical (unpaired) electrons. The lowest BCUT2D eigenvalue weighted by atomic mass is 10.0. The summed E-state index contributed by atoms with van der Waals surface area (Å²) in [7, 11) is 0. The van der Waals surface area contributed by atoms with Crippen LogP contribution in [0.15, 0.2) is 34.2 Å². The zero-order chi connectivity index (χ0) is 19.2. The van der Waals surface area contributed by atoms with Crippen LogP contribution in [0, 0.1) is 0 Å². The lowest BCUT2D eigenvalue weighted by Crippen LogP contribution is -2.11. The summed E-state index contributed by atoms with van der Waals surface area (Å²) >= 11 is 1.39. The molecule has 2 heterocycles. The van der Waals surface area contributed by atoms with Gasteiger partial charge >= 0.3 is 0 Å². The maximum Gasteiger partial charge on any atom is 0.251 e. The number of hydrogen-bond acceptors (Lipinski definition) is 5. The van der Waals surface area contributed by atoms with Crippen molar-refractivity contribution in [2.75, 3.05) is 11.1 Å². The number of ketones is 1. The quantitative estimate of drug-likeness (QED) is 0.433. The highest BCUT2D eigenvalue weighted by Crippen LogP contribution is 2.24. The number of carbonyl (C=O) groups excluding carboxylic acids is 2. The zero-order valence-electron chi connectivity index (χ0n) is 15.3. The summed E-state index contributed by atoms with van der Waals surface area (Å²) in [6, 6.07) is 6.98. The van der Waals surface area contributed by atoms with E-state index in [0.29, 0.717) is 29.3 Å². The third-order valence-electron chi connectivity index (χ3n) is 4.40. The van der Waals surface area contributed by atoms with E-state index in [1.165, 1.54) is 17.8 Å². The topological polar surface area (TPSA) is 91.9 Å². The van der Waals surface area contributed by atoms with E-state index in [2.05, 4.69) is 15.3 Å². The van der Waals surface area contributed by atoms with Gasteiger partial charge < -0.3 is 10.3 Å². The van der Waals surface area contributed by atoms with Gasteiger partial charge in [0.2, 0.25) is 5.91 Å². The van der Waals surface area contributed by atoms with Gasteiger partial charge in [-0.15, -0.1) is 0 Å². The molecule has 27 heavy (non-hydrogen) atoms. The lowest BCUT2D eigenvalue weighted by Gasteiger charge is -2.09. The average Bonchev–Trinajstić information content (AvgIpc) is 2.81. The summed E-state index contributed by atoms with van der Waals surface area (Å²) in [4.78, 5) is 43.0. The SMILES string of the molecule is CCCc1cc(=O)[nH]c(SCCC(=O)c2ccc3c(c2)CCCC(=O)N3)n1. The van der Waals surface area contributed by atoms with Crippen molar-refractivity contribution >= 4 is 29.1 Å². The smallest absolute Gasteiger partial charge is 0.251 e. The molecule has 0 saturated carbocycles. The summed E-state index contributed by atoms with van der Waals surface area (Å²) in [5.74, 6) is 0.620. The highest BCUT2D eigenvalue weighted by Gasteiger charge is 2.15. The molecule has 2 aromatic rings. The van der Waals surface area contributed by atoms with Crippen LogP contribution in [0.1, 0.15) is 54.2 Å². The van der Waals surface area contributed by atoms with Gasteiger partial charge in [-0.3, -0.25) is 14.4 Å². The second-order valence-electron chi connectivity index (χ2n) is 6.59. The van der Waals surface area contributed by atoms with E-state index in [9.17, 15) is 14.4 Å². The Morgan fingerprint density at radius 2 is 2.07 bits per heavy atom. The standard InChI is InChI=1S/C20H23N3O3S/c1-2-4-15-12-19(26)23-20(21-15)27-10-9-17(24)14-7-8-16-13(11-14)5-3-6-18(25)22-16/h7-8,11-12H,2-6,9-10H2,1H3,(H,22,25)(H,21,23,26). The molecule has 1 aliphatic rings. The number of thioether (sulfide) groups is 1. The number of amides is 1. The third kappa shape index (κ3) is 5.29. The van der Waals surface area contributed by atoms with Gasteiger partial charge in [0.25, 0.3) is 5.56 Å². The van der Waals surface area contributed by atoms with Crippen molar-refractivity contribution in [2.45, 2.75) is 50.6 Å². The molecule has 1 aromatic carbocycles. The van der Waals surface area contributed by atoms with Crippen molar-refractivity contribution in [2.24, 2.45) is 0 Å². The van der Waals surface area contributed by atoms with Gasteiger partial charge in [-0.2, -0.15) is 0 Å². The molecular weight excluding hydrogens is 362 g/mol. The first kappa shape index (κ1) is 19.4. The fourth-order valence-electron chi connectivity index (χ4n) is 3.07. The number of aromatic amines is 1. The van der Waals surface area contributed by atoms with Crippen molar-refractivity contribution in [3.8, 4) is 0 Å². The molecule has 2 N–H and O–H groups in total. The highest BCUT2D eigenvalue weighted by atomic mass is 32.2. The van der Waals surface area contributed by atoms with Gasteiger partial charge in [0.15, 0.2) is 10.9 Å². The molecule has 6 nitrogen and oxygen atoms in total. The van der Waals surface area contributed by atoms with E-state index < -0.39 is 0 Å². The van der Waals surface area contributed by atoms with Gasteiger partial charge in [-0.1, -0.05) is 25.1 Å². The van der Waals surface area contributed by atoms with Gasteiger partial charge in [0, 0.05) is 41.6 Å². The number of rotatable bonds is 7. The third-order valence-corrected chi connectivity index (χ3v) is 5.27. The summed E-state index contributed by atoms with van der Waals surface area (Å²) in [5, 5.41) is 3.44. The minimum atomic E-state index is -0.157. The van der Waals surface area contributed by atoms with Gasteiger partial charge in [-0.05, 0) is 43.0 Å². The van der Waals surface area contributed by atoms with Gasteiger partial charge in [0.1, 0.15) is 0 Å². The largest absolute Gasteiger partial charge is 0.326 e. The number of anilines is 1. The zero-order valence-corrected chi connectivity index (χ0v) is 16.2. The van der Waals surface area contributed by atoms with Crippen LogP contribution in [0.2, 0.25) is 0 Å². The molecule has 1 amide bonds. The summed E-state index contributed by atoms with van der Waals surface area (Å²) in [6.07, 6.45) is 4.15. The fraction of sp³-hybridized carbons (Fsp3) is 0.400. The van der Waals surface area contributed by atoms with Gasteiger partial charge in [0.05, 0.1) is 0 Å². The Morgan fingerprint density at radius 1 is 1.22 bits per heavy atom. The van der Waals surface area contributed by atoms with Crippen molar-refractivity contribution in [1.29, 1.82) is 0 Å². The number of aryl methyl sites for hydroxylation is 2. The Hall–Kier alpha value is -2.41. The Bertz CT molecular complexity index is 908. The molecule has 0 saturated heterocycles. The molecule has 0 atom stereocenters. The summed E-state index contributed by atoms with van der Waals surface area (Å²) in [6.45, 7) is 2.04. The Morgan fingerprint density at radius 3 is 2.89 bits per heavy atom. The molecule has 0 bridgehead atoms. The Kier molecular flexibility index (Phi) is 6.45. The number of fused-ring (bicyclic) bond motifs is 1. The monoisotopic (exact) mass is 385 g/mol. The van der Waals surface area contributed by atoms with Crippen molar-refractivity contribution in [1.82, 2.24) is 9.97 Å². The van der Waals surface area contributed by atoms with E-state index in [4.69, 9.17) is 0 Å².